The first-order valence-corrected chi connectivity index (χ1v) is 6.81. The lowest BCUT2D eigenvalue weighted by molar-refractivity contribution is -0.137. The molecule has 1 aromatic heterocycles. The summed E-state index contributed by atoms with van der Waals surface area (Å²) in [4.78, 5) is 7.66. The van der Waals surface area contributed by atoms with Crippen LogP contribution < -0.4 is 0 Å². The van der Waals surface area contributed by atoms with Gasteiger partial charge in [0.25, 0.3) is 0 Å². The lowest BCUT2D eigenvalue weighted by Crippen LogP contribution is -2.05. The Bertz CT molecular complexity index is 761. The number of nitrogens with zero attached hydrogens (tertiary/aromatic N) is 2. The molecule has 1 heterocycles. The van der Waals surface area contributed by atoms with Crippen molar-refractivity contribution >= 4 is 23.5 Å². The molecule has 0 saturated heterocycles. The summed E-state index contributed by atoms with van der Waals surface area (Å²) >= 11 is 5.60. The van der Waals surface area contributed by atoms with Crippen LogP contribution in [0.3, 0.4) is 0 Å². The third-order valence-electron chi connectivity index (χ3n) is 3.12. The van der Waals surface area contributed by atoms with Crippen molar-refractivity contribution in [2.45, 2.75) is 19.7 Å². The fourth-order valence-corrected chi connectivity index (χ4v) is 2.08. The van der Waals surface area contributed by atoms with Gasteiger partial charge in [-0.05, 0) is 25.1 Å². The van der Waals surface area contributed by atoms with E-state index in [9.17, 15) is 23.4 Å². The topological polar surface area (TPSA) is 65.7 Å². The van der Waals surface area contributed by atoms with Gasteiger partial charge in [-0.25, -0.2) is 0 Å². The van der Waals surface area contributed by atoms with Crippen molar-refractivity contribution in [1.29, 1.82) is 0 Å². The van der Waals surface area contributed by atoms with Crippen LogP contribution in [0, 0.1) is 6.92 Å². The maximum Gasteiger partial charge on any atom is 0.418 e. The summed E-state index contributed by atoms with van der Waals surface area (Å²) in [5.74, 6) is -0.247. The fraction of sp³-hybridized carbons (Fsp3) is 0.200. The summed E-state index contributed by atoms with van der Waals surface area (Å²) in [7, 11) is 0. The molecule has 0 amide bonds. The van der Waals surface area contributed by atoms with Gasteiger partial charge in [0.05, 0.1) is 23.6 Å². The SMILES string of the molecule is Cc1ncc(CO)c(C=Nc2ccc(Cl)cc2C(F)(F)F)c1O. The highest BCUT2D eigenvalue weighted by Gasteiger charge is 2.33. The molecule has 2 rings (SSSR count). The van der Waals surface area contributed by atoms with E-state index < -0.39 is 18.3 Å². The summed E-state index contributed by atoms with van der Waals surface area (Å²) < 4.78 is 39.0. The number of aromatic nitrogens is 1. The summed E-state index contributed by atoms with van der Waals surface area (Å²) in [6.07, 6.45) is -2.23. The monoisotopic (exact) mass is 344 g/mol. The van der Waals surface area contributed by atoms with Crippen LogP contribution in [0.15, 0.2) is 29.4 Å². The van der Waals surface area contributed by atoms with Crippen molar-refractivity contribution in [2.24, 2.45) is 4.99 Å². The van der Waals surface area contributed by atoms with Gasteiger partial charge < -0.3 is 10.2 Å². The number of aliphatic imine (C=N–C) groups is 1. The number of aliphatic hydroxyl groups is 1. The van der Waals surface area contributed by atoms with Crippen molar-refractivity contribution in [2.75, 3.05) is 0 Å². The minimum atomic E-state index is -4.62. The van der Waals surface area contributed by atoms with Crippen LogP contribution in [0.25, 0.3) is 0 Å². The molecule has 0 aliphatic carbocycles. The van der Waals surface area contributed by atoms with Crippen LogP contribution in [-0.4, -0.2) is 21.4 Å². The third kappa shape index (κ3) is 3.80. The first-order chi connectivity index (χ1) is 10.7. The lowest BCUT2D eigenvalue weighted by Gasteiger charge is -2.11. The van der Waals surface area contributed by atoms with Crippen LogP contribution in [0.5, 0.6) is 5.75 Å². The normalized spacial score (nSPS) is 12.1. The molecular weight excluding hydrogens is 333 g/mol. The molecule has 0 bridgehead atoms. The Balaban J connectivity index is 2.52. The Labute approximate surface area is 134 Å². The van der Waals surface area contributed by atoms with E-state index in [-0.39, 0.29) is 33.3 Å². The van der Waals surface area contributed by atoms with Crippen LogP contribution in [-0.2, 0) is 12.8 Å². The highest BCUT2D eigenvalue weighted by molar-refractivity contribution is 6.30. The van der Waals surface area contributed by atoms with Crippen LogP contribution in [0.1, 0.15) is 22.4 Å². The van der Waals surface area contributed by atoms with Crippen molar-refractivity contribution in [3.05, 3.63) is 51.8 Å². The Kier molecular flexibility index (Phi) is 4.91. The molecule has 0 unspecified atom stereocenters. The Morgan fingerprint density at radius 2 is 2.04 bits per heavy atom. The quantitative estimate of drug-likeness (QED) is 0.827. The van der Waals surface area contributed by atoms with Gasteiger partial charge in [-0.15, -0.1) is 0 Å². The summed E-state index contributed by atoms with van der Waals surface area (Å²) in [6, 6.07) is 3.19. The molecule has 0 spiro atoms. The molecule has 0 saturated carbocycles. The smallest absolute Gasteiger partial charge is 0.418 e. The van der Waals surface area contributed by atoms with Gasteiger partial charge in [0.15, 0.2) is 0 Å². The predicted molar refractivity (Wildman–Crippen MR) is 80.3 cm³/mol. The second kappa shape index (κ2) is 6.55. The van der Waals surface area contributed by atoms with E-state index in [0.717, 1.165) is 18.3 Å². The van der Waals surface area contributed by atoms with Gasteiger partial charge in [-0.1, -0.05) is 11.6 Å². The number of pyridine rings is 1. The second-order valence-electron chi connectivity index (χ2n) is 4.71. The van der Waals surface area contributed by atoms with E-state index in [0.29, 0.717) is 0 Å². The minimum Gasteiger partial charge on any atom is -0.505 e. The zero-order valence-corrected chi connectivity index (χ0v) is 12.7. The molecule has 8 heteroatoms. The molecule has 0 fully saturated rings. The number of halogens is 4. The maximum atomic E-state index is 13.0. The molecule has 122 valence electrons. The highest BCUT2D eigenvalue weighted by Crippen LogP contribution is 2.38. The minimum absolute atomic E-state index is 0.0603. The van der Waals surface area contributed by atoms with Crippen molar-refractivity contribution in [3.8, 4) is 5.75 Å². The number of benzene rings is 1. The number of aliphatic hydroxyl groups excluding tert-OH is 1. The van der Waals surface area contributed by atoms with Crippen molar-refractivity contribution < 1.29 is 23.4 Å². The van der Waals surface area contributed by atoms with Crippen molar-refractivity contribution in [3.63, 3.8) is 0 Å². The predicted octanol–water partition coefficient (Wildman–Crippen LogP) is 4.01. The van der Waals surface area contributed by atoms with Gasteiger partial charge in [0, 0.05) is 28.6 Å². The van der Waals surface area contributed by atoms with Gasteiger partial charge in [0.2, 0.25) is 0 Å². The molecular formula is C15H12ClF3N2O2. The number of hydrogen-bond acceptors (Lipinski definition) is 4. The number of hydrogen-bond donors (Lipinski definition) is 2. The molecule has 23 heavy (non-hydrogen) atoms. The molecule has 0 aliphatic rings. The standard InChI is InChI=1S/C15H12ClF3N2O2/c1-8-14(23)11(9(7-22)5-20-8)6-21-13-3-2-10(16)4-12(13)15(17,18)19/h2-6,22-23H,7H2,1H3. The zero-order chi connectivity index (χ0) is 17.2. The largest absolute Gasteiger partial charge is 0.505 e. The molecule has 2 N–H and O–H groups in total. The first-order valence-electron chi connectivity index (χ1n) is 6.43. The maximum absolute atomic E-state index is 13.0. The van der Waals surface area contributed by atoms with Crippen LogP contribution in [0.4, 0.5) is 18.9 Å². The molecule has 2 aromatic rings. The van der Waals surface area contributed by atoms with E-state index in [4.69, 9.17) is 11.6 Å². The van der Waals surface area contributed by atoms with E-state index >= 15 is 0 Å². The molecule has 4 nitrogen and oxygen atoms in total. The lowest BCUT2D eigenvalue weighted by atomic mass is 10.1. The summed E-state index contributed by atoms with van der Waals surface area (Å²) in [5.41, 5.74) is -0.699. The first kappa shape index (κ1) is 17.2. The third-order valence-corrected chi connectivity index (χ3v) is 3.36. The fourth-order valence-electron chi connectivity index (χ4n) is 1.90. The van der Waals surface area contributed by atoms with Gasteiger partial charge in [-0.2, -0.15) is 13.2 Å². The van der Waals surface area contributed by atoms with E-state index in [1.165, 1.54) is 19.2 Å². The summed E-state index contributed by atoms with van der Waals surface area (Å²) in [6.45, 7) is 1.09. The Morgan fingerprint density at radius 3 is 2.65 bits per heavy atom. The van der Waals surface area contributed by atoms with Gasteiger partial charge in [0.1, 0.15) is 5.75 Å². The van der Waals surface area contributed by atoms with E-state index in [1.54, 1.807) is 0 Å². The average Bonchev–Trinajstić information content (AvgIpc) is 2.48. The molecule has 0 atom stereocenters. The molecule has 1 aromatic carbocycles. The van der Waals surface area contributed by atoms with Crippen LogP contribution >= 0.6 is 11.6 Å². The summed E-state index contributed by atoms with van der Waals surface area (Å²) in [5, 5.41) is 19.1. The average molecular weight is 345 g/mol. The second-order valence-corrected chi connectivity index (χ2v) is 5.14. The number of aromatic hydroxyl groups is 1. The Hall–Kier alpha value is -2.12. The van der Waals surface area contributed by atoms with Crippen LogP contribution in [0.2, 0.25) is 5.02 Å². The number of aryl methyl sites for hydroxylation is 1. The number of rotatable bonds is 3. The Morgan fingerprint density at radius 1 is 1.35 bits per heavy atom. The van der Waals surface area contributed by atoms with E-state index in [2.05, 4.69) is 9.98 Å². The molecule has 0 aliphatic heterocycles. The van der Waals surface area contributed by atoms with E-state index in [1.807, 2.05) is 0 Å². The zero-order valence-electron chi connectivity index (χ0n) is 11.9. The van der Waals surface area contributed by atoms with Crippen molar-refractivity contribution in [1.82, 2.24) is 4.98 Å². The van der Waals surface area contributed by atoms with Gasteiger partial charge in [-0.3, -0.25) is 9.98 Å². The molecule has 0 radical (unpaired) electrons. The highest BCUT2D eigenvalue weighted by atomic mass is 35.5. The van der Waals surface area contributed by atoms with Gasteiger partial charge >= 0.3 is 6.18 Å². The number of alkyl halides is 3.